The molecule has 1 N–H and O–H groups in total. The van der Waals surface area contributed by atoms with Gasteiger partial charge in [0.1, 0.15) is 6.61 Å². The van der Waals surface area contributed by atoms with Gasteiger partial charge in [0.05, 0.1) is 6.61 Å². The van der Waals surface area contributed by atoms with Gasteiger partial charge in [0.2, 0.25) is 0 Å². The highest BCUT2D eigenvalue weighted by Gasteiger charge is 2.15. The number of hydrogen-bond acceptors (Lipinski definition) is 5. The first-order valence-corrected chi connectivity index (χ1v) is 10.6. The van der Waals surface area contributed by atoms with Gasteiger partial charge in [0, 0.05) is 12.8 Å². The molecule has 0 aromatic rings. The summed E-state index contributed by atoms with van der Waals surface area (Å²) in [6.07, 6.45) is 13.3. The number of carbonyl (C=O) groups is 2. The van der Waals surface area contributed by atoms with Gasteiger partial charge in [-0.3, -0.25) is 9.59 Å². The lowest BCUT2D eigenvalue weighted by Gasteiger charge is -2.15. The molecule has 0 aliphatic rings. The van der Waals surface area contributed by atoms with Crippen LogP contribution in [0, 0.1) is 0 Å². The molecule has 0 radical (unpaired) electrons. The number of unbranched alkanes of at least 4 members (excludes halogenated alkanes) is 10. The minimum Gasteiger partial charge on any atom is -0.462 e. The molecule has 5 heteroatoms. The molecule has 1 atom stereocenters. The maximum absolute atomic E-state index is 11.8. The number of hydrogen-bond donors (Lipinski definition) is 1. The van der Waals surface area contributed by atoms with E-state index < -0.39 is 6.10 Å². The van der Waals surface area contributed by atoms with Gasteiger partial charge < -0.3 is 14.6 Å². The Labute approximate surface area is 159 Å². The van der Waals surface area contributed by atoms with Crippen molar-refractivity contribution in [3.63, 3.8) is 0 Å². The summed E-state index contributed by atoms with van der Waals surface area (Å²) in [5.74, 6) is -0.613. The van der Waals surface area contributed by atoms with Crippen molar-refractivity contribution >= 4 is 11.9 Å². The van der Waals surface area contributed by atoms with E-state index in [0.29, 0.717) is 12.8 Å². The second-order valence-electron chi connectivity index (χ2n) is 7.01. The maximum atomic E-state index is 11.8. The van der Waals surface area contributed by atoms with Crippen LogP contribution in [0.4, 0.5) is 0 Å². The van der Waals surface area contributed by atoms with Crippen molar-refractivity contribution < 1.29 is 24.2 Å². The van der Waals surface area contributed by atoms with Gasteiger partial charge in [0.25, 0.3) is 0 Å². The molecule has 0 rings (SSSR count). The molecule has 0 fully saturated rings. The number of carbonyl (C=O) groups excluding carboxylic acids is 2. The van der Waals surface area contributed by atoms with Crippen LogP contribution in [0.15, 0.2) is 0 Å². The molecule has 154 valence electrons. The Morgan fingerprint density at radius 2 is 1.19 bits per heavy atom. The van der Waals surface area contributed by atoms with Crippen LogP contribution in [0.2, 0.25) is 0 Å². The number of esters is 2. The zero-order valence-electron chi connectivity index (χ0n) is 17.0. The zero-order chi connectivity index (χ0) is 19.5. The summed E-state index contributed by atoms with van der Waals surface area (Å²) in [5.41, 5.74) is 0. The summed E-state index contributed by atoms with van der Waals surface area (Å²) >= 11 is 0. The fourth-order valence-corrected chi connectivity index (χ4v) is 2.73. The lowest BCUT2D eigenvalue weighted by atomic mass is 10.1. The number of aliphatic hydroxyl groups is 1. The van der Waals surface area contributed by atoms with Gasteiger partial charge in [-0.25, -0.2) is 0 Å². The van der Waals surface area contributed by atoms with E-state index >= 15 is 0 Å². The van der Waals surface area contributed by atoms with Crippen LogP contribution in [-0.2, 0) is 19.1 Å². The van der Waals surface area contributed by atoms with E-state index in [9.17, 15) is 14.7 Å². The van der Waals surface area contributed by atoms with Crippen LogP contribution in [0.5, 0.6) is 0 Å². The zero-order valence-corrected chi connectivity index (χ0v) is 17.0. The van der Waals surface area contributed by atoms with Crippen LogP contribution in [0.3, 0.4) is 0 Å². The predicted octanol–water partition coefficient (Wildman–Crippen LogP) is 4.93. The van der Waals surface area contributed by atoms with Crippen molar-refractivity contribution in [3.05, 3.63) is 0 Å². The summed E-state index contributed by atoms with van der Waals surface area (Å²) in [4.78, 5) is 23.5. The molecule has 26 heavy (non-hydrogen) atoms. The third-order valence-electron chi connectivity index (χ3n) is 4.40. The highest BCUT2D eigenvalue weighted by Crippen LogP contribution is 2.09. The maximum Gasteiger partial charge on any atom is 0.306 e. The summed E-state index contributed by atoms with van der Waals surface area (Å²) in [6, 6.07) is 0. The molecule has 0 saturated heterocycles. The highest BCUT2D eigenvalue weighted by atomic mass is 16.6. The van der Waals surface area contributed by atoms with Crippen LogP contribution >= 0.6 is 0 Å². The molecule has 0 aliphatic carbocycles. The first-order chi connectivity index (χ1) is 12.6. The van der Waals surface area contributed by atoms with E-state index in [0.717, 1.165) is 38.5 Å². The van der Waals surface area contributed by atoms with Crippen molar-refractivity contribution in [2.24, 2.45) is 0 Å². The smallest absolute Gasteiger partial charge is 0.306 e. The Kier molecular flexibility index (Phi) is 17.9. The Morgan fingerprint density at radius 1 is 0.731 bits per heavy atom. The molecule has 0 heterocycles. The largest absolute Gasteiger partial charge is 0.462 e. The average molecular weight is 373 g/mol. The lowest BCUT2D eigenvalue weighted by molar-refractivity contribution is -0.161. The van der Waals surface area contributed by atoms with Crippen molar-refractivity contribution in [2.45, 2.75) is 110 Å². The van der Waals surface area contributed by atoms with E-state index in [2.05, 4.69) is 13.8 Å². The number of aliphatic hydroxyl groups excluding tert-OH is 1. The quantitative estimate of drug-likeness (QED) is 0.273. The van der Waals surface area contributed by atoms with E-state index in [1.165, 1.54) is 38.5 Å². The predicted molar refractivity (Wildman–Crippen MR) is 104 cm³/mol. The fourth-order valence-electron chi connectivity index (χ4n) is 2.73. The first-order valence-electron chi connectivity index (χ1n) is 10.6. The summed E-state index contributed by atoms with van der Waals surface area (Å²) in [5, 5.41) is 9.28. The van der Waals surface area contributed by atoms with Crippen molar-refractivity contribution in [1.29, 1.82) is 0 Å². The molecule has 0 aliphatic heterocycles. The molecule has 0 bridgehead atoms. The van der Waals surface area contributed by atoms with Gasteiger partial charge in [0.15, 0.2) is 6.10 Å². The third-order valence-corrected chi connectivity index (χ3v) is 4.40. The van der Waals surface area contributed by atoms with Gasteiger partial charge in [-0.2, -0.15) is 0 Å². The van der Waals surface area contributed by atoms with Gasteiger partial charge in [-0.05, 0) is 12.8 Å². The van der Waals surface area contributed by atoms with Gasteiger partial charge >= 0.3 is 11.9 Å². The van der Waals surface area contributed by atoms with Crippen LogP contribution in [0.1, 0.15) is 104 Å². The van der Waals surface area contributed by atoms with E-state index in [4.69, 9.17) is 9.47 Å². The van der Waals surface area contributed by atoms with Gasteiger partial charge in [-0.1, -0.05) is 78.1 Å². The molecule has 5 nitrogen and oxygen atoms in total. The number of ether oxygens (including phenoxy) is 2. The van der Waals surface area contributed by atoms with E-state index in [1.807, 2.05) is 0 Å². The summed E-state index contributed by atoms with van der Waals surface area (Å²) in [7, 11) is 0. The molecule has 0 spiro atoms. The van der Waals surface area contributed by atoms with Crippen LogP contribution < -0.4 is 0 Å². The standard InChI is InChI=1S/C21H40O5/c1-3-5-7-9-11-13-15-20(23)25-18-19(17-22)26-21(24)16-14-12-10-8-6-4-2/h19,22H,3-18H2,1-2H3. The minimum absolute atomic E-state index is 0.0621. The van der Waals surface area contributed by atoms with Crippen molar-refractivity contribution in [2.75, 3.05) is 13.2 Å². The van der Waals surface area contributed by atoms with Crippen LogP contribution in [0.25, 0.3) is 0 Å². The summed E-state index contributed by atoms with van der Waals surface area (Å²) < 4.78 is 10.3. The highest BCUT2D eigenvalue weighted by molar-refractivity contribution is 5.70. The molecule has 0 aromatic heterocycles. The minimum atomic E-state index is -0.754. The Bertz CT molecular complexity index is 343. The third kappa shape index (κ3) is 16.4. The average Bonchev–Trinajstić information content (AvgIpc) is 2.64. The Hall–Kier alpha value is -1.10. The fraction of sp³-hybridized carbons (Fsp3) is 0.905. The Balaban J connectivity index is 3.70. The second kappa shape index (κ2) is 18.7. The van der Waals surface area contributed by atoms with Gasteiger partial charge in [-0.15, -0.1) is 0 Å². The number of rotatable bonds is 18. The van der Waals surface area contributed by atoms with E-state index in [1.54, 1.807) is 0 Å². The van der Waals surface area contributed by atoms with Crippen molar-refractivity contribution in [1.82, 2.24) is 0 Å². The first kappa shape index (κ1) is 24.9. The SMILES string of the molecule is CCCCCCCCC(=O)OCC(CO)OC(=O)CCCCCCCC. The molecule has 0 saturated carbocycles. The monoisotopic (exact) mass is 372 g/mol. The Morgan fingerprint density at radius 3 is 1.69 bits per heavy atom. The van der Waals surface area contributed by atoms with Crippen LogP contribution in [-0.4, -0.2) is 36.4 Å². The second-order valence-corrected chi connectivity index (χ2v) is 7.01. The molecule has 1 unspecified atom stereocenters. The topological polar surface area (TPSA) is 72.8 Å². The van der Waals surface area contributed by atoms with Crippen molar-refractivity contribution in [3.8, 4) is 0 Å². The lowest BCUT2D eigenvalue weighted by Crippen LogP contribution is -2.28. The summed E-state index contributed by atoms with van der Waals surface area (Å²) in [6.45, 7) is 3.96. The normalized spacial score (nSPS) is 12.0. The van der Waals surface area contributed by atoms with E-state index in [-0.39, 0.29) is 25.2 Å². The molecular formula is C21H40O5. The molecule has 0 aromatic carbocycles. The molecule has 0 amide bonds. The molecular weight excluding hydrogens is 332 g/mol.